The quantitative estimate of drug-likeness (QED) is 0.655. The van der Waals surface area contributed by atoms with E-state index in [0.717, 1.165) is 17.7 Å². The first-order valence-corrected chi connectivity index (χ1v) is 7.75. The Morgan fingerprint density at radius 1 is 1.00 bits per heavy atom. The number of tetrazole rings is 1. The van der Waals surface area contributed by atoms with Gasteiger partial charge >= 0.3 is 0 Å². The van der Waals surface area contributed by atoms with Gasteiger partial charge in [-0.3, -0.25) is 0 Å². The van der Waals surface area contributed by atoms with E-state index >= 15 is 0 Å². The van der Waals surface area contributed by atoms with Gasteiger partial charge in [0, 0.05) is 12.0 Å². The van der Waals surface area contributed by atoms with Crippen LogP contribution in [0.1, 0.15) is 17.5 Å². The van der Waals surface area contributed by atoms with Crippen LogP contribution in [0.2, 0.25) is 0 Å². The molecule has 0 N–H and O–H groups in total. The van der Waals surface area contributed by atoms with Gasteiger partial charge in [-0.05, 0) is 42.3 Å². The predicted molar refractivity (Wildman–Crippen MR) is 89.3 cm³/mol. The second-order valence-corrected chi connectivity index (χ2v) is 5.52. The summed E-state index contributed by atoms with van der Waals surface area (Å²) in [5, 5.41) is 12.6. The molecule has 0 fully saturated rings. The Kier molecular flexibility index (Phi) is 4.66. The third-order valence-electron chi connectivity index (χ3n) is 3.73. The van der Waals surface area contributed by atoms with Crippen molar-refractivity contribution in [3.05, 3.63) is 59.7 Å². The van der Waals surface area contributed by atoms with Crippen LogP contribution < -0.4 is 4.74 Å². The summed E-state index contributed by atoms with van der Waals surface area (Å²) in [6.45, 7) is 5.50. The Hall–Kier alpha value is -2.69. The monoisotopic (exact) mass is 308 g/mol. The van der Waals surface area contributed by atoms with Crippen LogP contribution in [0.4, 0.5) is 0 Å². The average Bonchev–Trinajstić information content (AvgIpc) is 3.05. The maximum atomic E-state index is 5.77. The molecular formula is C18H20N4O. The Morgan fingerprint density at radius 2 is 1.83 bits per heavy atom. The van der Waals surface area contributed by atoms with Gasteiger partial charge in [-0.15, -0.1) is 10.2 Å². The van der Waals surface area contributed by atoms with E-state index in [1.807, 2.05) is 36.4 Å². The highest BCUT2D eigenvalue weighted by atomic mass is 16.5. The molecule has 0 radical (unpaired) electrons. The topological polar surface area (TPSA) is 52.8 Å². The van der Waals surface area contributed by atoms with E-state index in [4.69, 9.17) is 4.74 Å². The molecule has 1 heterocycles. The molecule has 3 rings (SSSR count). The summed E-state index contributed by atoms with van der Waals surface area (Å²) < 4.78 is 5.77. The molecular weight excluding hydrogens is 288 g/mol. The van der Waals surface area contributed by atoms with Gasteiger partial charge in [0.05, 0.1) is 13.2 Å². The molecule has 0 spiro atoms. The van der Waals surface area contributed by atoms with E-state index in [2.05, 4.69) is 41.4 Å². The first-order valence-electron chi connectivity index (χ1n) is 7.75. The van der Waals surface area contributed by atoms with Crippen LogP contribution in [0.5, 0.6) is 5.75 Å². The van der Waals surface area contributed by atoms with Gasteiger partial charge in [-0.2, -0.15) is 4.80 Å². The van der Waals surface area contributed by atoms with E-state index in [0.29, 0.717) is 19.0 Å². The number of nitrogens with zero attached hydrogens (tertiary/aromatic N) is 4. The molecule has 0 aliphatic carbocycles. The minimum atomic E-state index is 0.630. The maximum absolute atomic E-state index is 5.77. The fourth-order valence-corrected chi connectivity index (χ4v) is 2.24. The third kappa shape index (κ3) is 3.94. The predicted octanol–water partition coefficient (Wildman–Crippen LogP) is 3.43. The SMILES string of the molecule is Cc1ccc(OCCCn2nnc(-c3ccccc3)n2)cc1C. The molecule has 1 aromatic heterocycles. The minimum Gasteiger partial charge on any atom is -0.494 e. The van der Waals surface area contributed by atoms with E-state index in [1.165, 1.54) is 11.1 Å². The number of aryl methyl sites for hydroxylation is 3. The summed E-state index contributed by atoms with van der Waals surface area (Å²) in [7, 11) is 0. The van der Waals surface area contributed by atoms with Gasteiger partial charge in [0.1, 0.15) is 5.75 Å². The lowest BCUT2D eigenvalue weighted by Gasteiger charge is -2.07. The van der Waals surface area contributed by atoms with Gasteiger partial charge in [0.15, 0.2) is 0 Å². The summed E-state index contributed by atoms with van der Waals surface area (Å²) in [5.74, 6) is 1.56. The third-order valence-corrected chi connectivity index (χ3v) is 3.73. The van der Waals surface area contributed by atoms with Crippen molar-refractivity contribution in [2.75, 3.05) is 6.61 Å². The van der Waals surface area contributed by atoms with Crippen LogP contribution in [0.3, 0.4) is 0 Å². The largest absolute Gasteiger partial charge is 0.494 e. The molecule has 5 nitrogen and oxygen atoms in total. The molecule has 0 saturated heterocycles. The Labute approximate surface area is 135 Å². The highest BCUT2D eigenvalue weighted by Crippen LogP contribution is 2.16. The van der Waals surface area contributed by atoms with Crippen molar-refractivity contribution >= 4 is 0 Å². The number of hydrogen-bond donors (Lipinski definition) is 0. The summed E-state index contributed by atoms with van der Waals surface area (Å²) in [6, 6.07) is 16.0. The lowest BCUT2D eigenvalue weighted by molar-refractivity contribution is 0.293. The molecule has 0 atom stereocenters. The highest BCUT2D eigenvalue weighted by Gasteiger charge is 2.05. The Morgan fingerprint density at radius 3 is 2.61 bits per heavy atom. The van der Waals surface area contributed by atoms with Crippen LogP contribution in [0.25, 0.3) is 11.4 Å². The Bertz CT molecular complexity index is 768. The van der Waals surface area contributed by atoms with E-state index in [-0.39, 0.29) is 0 Å². The van der Waals surface area contributed by atoms with Gasteiger partial charge in [-0.25, -0.2) is 0 Å². The van der Waals surface area contributed by atoms with Gasteiger partial charge in [0.2, 0.25) is 5.82 Å². The van der Waals surface area contributed by atoms with Crippen LogP contribution in [0, 0.1) is 13.8 Å². The van der Waals surface area contributed by atoms with Crippen LogP contribution in [-0.2, 0) is 6.54 Å². The van der Waals surface area contributed by atoms with Crippen molar-refractivity contribution in [3.63, 3.8) is 0 Å². The van der Waals surface area contributed by atoms with E-state index in [9.17, 15) is 0 Å². The first kappa shape index (κ1) is 15.2. The van der Waals surface area contributed by atoms with E-state index in [1.54, 1.807) is 4.80 Å². The first-order chi connectivity index (χ1) is 11.2. The standard InChI is InChI=1S/C18H20N4O/c1-14-9-10-17(13-15(14)2)23-12-6-11-22-20-18(19-21-22)16-7-4-3-5-8-16/h3-5,7-10,13H,6,11-12H2,1-2H3. The highest BCUT2D eigenvalue weighted by molar-refractivity contribution is 5.52. The van der Waals surface area contributed by atoms with Gasteiger partial charge in [0.25, 0.3) is 0 Å². The molecule has 5 heteroatoms. The smallest absolute Gasteiger partial charge is 0.204 e. The summed E-state index contributed by atoms with van der Waals surface area (Å²) in [5.41, 5.74) is 3.50. The molecule has 0 amide bonds. The lowest BCUT2D eigenvalue weighted by Crippen LogP contribution is -2.07. The average molecular weight is 308 g/mol. The minimum absolute atomic E-state index is 0.630. The van der Waals surface area contributed by atoms with Crippen molar-refractivity contribution in [1.82, 2.24) is 20.2 Å². The summed E-state index contributed by atoms with van der Waals surface area (Å²) >= 11 is 0. The Balaban J connectivity index is 1.49. The maximum Gasteiger partial charge on any atom is 0.204 e. The molecule has 118 valence electrons. The number of ether oxygens (including phenoxy) is 1. The molecule has 2 aromatic carbocycles. The lowest BCUT2D eigenvalue weighted by atomic mass is 10.1. The molecule has 0 aliphatic rings. The number of aromatic nitrogens is 4. The zero-order valence-electron chi connectivity index (χ0n) is 13.4. The van der Waals surface area contributed by atoms with Crippen molar-refractivity contribution in [3.8, 4) is 17.1 Å². The molecule has 23 heavy (non-hydrogen) atoms. The van der Waals surface area contributed by atoms with Crippen LogP contribution in [0.15, 0.2) is 48.5 Å². The zero-order valence-corrected chi connectivity index (χ0v) is 13.4. The zero-order chi connectivity index (χ0) is 16.1. The second kappa shape index (κ2) is 7.05. The summed E-state index contributed by atoms with van der Waals surface area (Å²) in [6.07, 6.45) is 0.831. The van der Waals surface area contributed by atoms with Gasteiger partial charge in [-0.1, -0.05) is 36.4 Å². The van der Waals surface area contributed by atoms with Crippen molar-refractivity contribution in [2.24, 2.45) is 0 Å². The van der Waals surface area contributed by atoms with Gasteiger partial charge < -0.3 is 4.74 Å². The molecule has 3 aromatic rings. The fraction of sp³-hybridized carbons (Fsp3) is 0.278. The number of hydrogen-bond acceptors (Lipinski definition) is 4. The second-order valence-electron chi connectivity index (χ2n) is 5.52. The molecule has 0 bridgehead atoms. The normalized spacial score (nSPS) is 10.7. The van der Waals surface area contributed by atoms with E-state index < -0.39 is 0 Å². The number of benzene rings is 2. The molecule has 0 unspecified atom stereocenters. The number of rotatable bonds is 6. The molecule has 0 saturated carbocycles. The van der Waals surface area contributed by atoms with Crippen LogP contribution in [-0.4, -0.2) is 26.8 Å². The summed E-state index contributed by atoms with van der Waals surface area (Å²) in [4.78, 5) is 1.62. The fourth-order valence-electron chi connectivity index (χ4n) is 2.24. The van der Waals surface area contributed by atoms with Crippen molar-refractivity contribution in [2.45, 2.75) is 26.8 Å². The molecule has 0 aliphatic heterocycles. The van der Waals surface area contributed by atoms with Crippen molar-refractivity contribution in [1.29, 1.82) is 0 Å². The van der Waals surface area contributed by atoms with Crippen LogP contribution >= 0.6 is 0 Å². The van der Waals surface area contributed by atoms with Crippen molar-refractivity contribution < 1.29 is 4.74 Å².